The summed E-state index contributed by atoms with van der Waals surface area (Å²) in [5.74, 6) is -0.177. The molecule has 0 atom stereocenters. The molecule has 0 aromatic heterocycles. The molecule has 0 heterocycles. The SMILES string of the molecule is CCOC(=O)c1ccc(CN/C=C(/C#N)C(=O)Nc2ccc(OCC)cc2)cc1. The molecule has 0 radical (unpaired) electrons. The van der Waals surface area contributed by atoms with Crippen LogP contribution in [-0.2, 0) is 16.1 Å². The van der Waals surface area contributed by atoms with E-state index in [9.17, 15) is 14.9 Å². The number of hydrogen-bond acceptors (Lipinski definition) is 6. The lowest BCUT2D eigenvalue weighted by atomic mass is 10.1. The maximum Gasteiger partial charge on any atom is 0.338 e. The molecule has 0 aliphatic rings. The van der Waals surface area contributed by atoms with Gasteiger partial charge in [0.15, 0.2) is 0 Å². The third kappa shape index (κ3) is 6.70. The topological polar surface area (TPSA) is 100 Å². The Balaban J connectivity index is 1.91. The van der Waals surface area contributed by atoms with Gasteiger partial charge in [0.25, 0.3) is 5.91 Å². The van der Waals surface area contributed by atoms with Gasteiger partial charge in [0.05, 0.1) is 18.8 Å². The first-order chi connectivity index (χ1) is 14.1. The second kappa shape index (κ2) is 11.1. The van der Waals surface area contributed by atoms with E-state index < -0.39 is 5.91 Å². The fraction of sp³-hybridized carbons (Fsp3) is 0.227. The first kappa shape index (κ1) is 21.5. The van der Waals surface area contributed by atoms with Crippen molar-refractivity contribution in [3.63, 3.8) is 0 Å². The van der Waals surface area contributed by atoms with Crippen LogP contribution in [0.5, 0.6) is 5.75 Å². The third-order valence-corrected chi connectivity index (χ3v) is 3.81. The number of benzene rings is 2. The third-order valence-electron chi connectivity index (χ3n) is 3.81. The molecule has 0 bridgehead atoms. The Morgan fingerprint density at radius 1 is 1.03 bits per heavy atom. The number of rotatable bonds is 9. The van der Waals surface area contributed by atoms with Crippen LogP contribution in [0.4, 0.5) is 5.69 Å². The number of anilines is 1. The number of carbonyl (C=O) groups excluding carboxylic acids is 2. The lowest BCUT2D eigenvalue weighted by Crippen LogP contribution is -2.16. The molecular weight excluding hydrogens is 370 g/mol. The van der Waals surface area contributed by atoms with Crippen molar-refractivity contribution in [2.45, 2.75) is 20.4 Å². The Morgan fingerprint density at radius 2 is 1.72 bits per heavy atom. The van der Waals surface area contributed by atoms with E-state index in [1.54, 1.807) is 55.5 Å². The number of nitrogens with one attached hydrogen (secondary N) is 2. The van der Waals surface area contributed by atoms with E-state index >= 15 is 0 Å². The van der Waals surface area contributed by atoms with Crippen LogP contribution in [0.2, 0.25) is 0 Å². The van der Waals surface area contributed by atoms with E-state index in [-0.39, 0.29) is 11.5 Å². The van der Waals surface area contributed by atoms with Crippen molar-refractivity contribution in [2.75, 3.05) is 18.5 Å². The van der Waals surface area contributed by atoms with Crippen molar-refractivity contribution in [1.82, 2.24) is 5.32 Å². The molecule has 7 heteroatoms. The second-order valence-corrected chi connectivity index (χ2v) is 5.88. The van der Waals surface area contributed by atoms with Crippen molar-refractivity contribution in [2.24, 2.45) is 0 Å². The molecular formula is C22H23N3O4. The Morgan fingerprint density at radius 3 is 2.31 bits per heavy atom. The molecule has 7 nitrogen and oxygen atoms in total. The van der Waals surface area contributed by atoms with Gasteiger partial charge >= 0.3 is 5.97 Å². The number of nitrogens with zero attached hydrogens (tertiary/aromatic N) is 1. The van der Waals surface area contributed by atoms with Gasteiger partial charge in [-0.15, -0.1) is 0 Å². The van der Waals surface area contributed by atoms with Crippen LogP contribution in [0.25, 0.3) is 0 Å². The van der Waals surface area contributed by atoms with Gasteiger partial charge < -0.3 is 20.1 Å². The van der Waals surface area contributed by atoms with Crippen LogP contribution < -0.4 is 15.4 Å². The van der Waals surface area contributed by atoms with Crippen LogP contribution in [0.15, 0.2) is 60.3 Å². The highest BCUT2D eigenvalue weighted by atomic mass is 16.5. The van der Waals surface area contributed by atoms with Gasteiger partial charge in [-0.3, -0.25) is 4.79 Å². The number of nitriles is 1. The molecule has 2 N–H and O–H groups in total. The predicted molar refractivity (Wildman–Crippen MR) is 109 cm³/mol. The Labute approximate surface area is 169 Å². The lowest BCUT2D eigenvalue weighted by molar-refractivity contribution is -0.112. The van der Waals surface area contributed by atoms with E-state index in [0.29, 0.717) is 36.8 Å². The summed E-state index contributed by atoms with van der Waals surface area (Å²) in [7, 11) is 0. The Kier molecular flexibility index (Phi) is 8.27. The van der Waals surface area contributed by atoms with Gasteiger partial charge in [0, 0.05) is 18.4 Å². The monoisotopic (exact) mass is 393 g/mol. The largest absolute Gasteiger partial charge is 0.494 e. The van der Waals surface area contributed by atoms with Crippen molar-refractivity contribution in [3.8, 4) is 11.8 Å². The van der Waals surface area contributed by atoms with Crippen LogP contribution in [0, 0.1) is 11.3 Å². The van der Waals surface area contributed by atoms with Crippen LogP contribution in [0.3, 0.4) is 0 Å². The van der Waals surface area contributed by atoms with Crippen LogP contribution >= 0.6 is 0 Å². The summed E-state index contributed by atoms with van der Waals surface area (Å²) < 4.78 is 10.3. The Bertz CT molecular complexity index is 897. The number of hydrogen-bond donors (Lipinski definition) is 2. The summed E-state index contributed by atoms with van der Waals surface area (Å²) in [4.78, 5) is 23.9. The minimum Gasteiger partial charge on any atom is -0.494 e. The van der Waals surface area contributed by atoms with Gasteiger partial charge in [-0.25, -0.2) is 4.79 Å². The van der Waals surface area contributed by atoms with E-state index in [1.807, 2.05) is 13.0 Å². The summed E-state index contributed by atoms with van der Waals surface area (Å²) >= 11 is 0. The minimum absolute atomic E-state index is 0.0537. The van der Waals surface area contributed by atoms with E-state index in [4.69, 9.17) is 9.47 Å². The van der Waals surface area contributed by atoms with E-state index in [1.165, 1.54) is 6.20 Å². The first-order valence-electron chi connectivity index (χ1n) is 9.21. The number of amides is 1. The van der Waals surface area contributed by atoms with Crippen molar-refractivity contribution in [1.29, 1.82) is 5.26 Å². The lowest BCUT2D eigenvalue weighted by Gasteiger charge is -2.07. The normalized spacial score (nSPS) is 10.6. The summed E-state index contributed by atoms with van der Waals surface area (Å²) in [6.07, 6.45) is 1.36. The predicted octanol–water partition coefficient (Wildman–Crippen LogP) is 3.40. The van der Waals surface area contributed by atoms with Gasteiger partial charge in [-0.05, 0) is 55.8 Å². The molecule has 0 fully saturated rings. The highest BCUT2D eigenvalue weighted by Gasteiger charge is 2.09. The molecule has 0 aliphatic carbocycles. The highest BCUT2D eigenvalue weighted by Crippen LogP contribution is 2.16. The molecule has 0 saturated heterocycles. The summed E-state index contributed by atoms with van der Waals surface area (Å²) in [5.41, 5.74) is 1.87. The molecule has 2 rings (SSSR count). The van der Waals surface area contributed by atoms with E-state index in [0.717, 1.165) is 5.56 Å². The van der Waals surface area contributed by atoms with E-state index in [2.05, 4.69) is 10.6 Å². The summed E-state index contributed by atoms with van der Waals surface area (Å²) in [5, 5.41) is 14.8. The molecule has 0 spiro atoms. The molecule has 0 unspecified atom stereocenters. The fourth-order valence-electron chi connectivity index (χ4n) is 2.39. The zero-order valence-electron chi connectivity index (χ0n) is 16.4. The van der Waals surface area contributed by atoms with Gasteiger partial charge in [0.2, 0.25) is 0 Å². The average Bonchev–Trinajstić information content (AvgIpc) is 2.73. The molecule has 150 valence electrons. The fourth-order valence-corrected chi connectivity index (χ4v) is 2.39. The number of ether oxygens (including phenoxy) is 2. The highest BCUT2D eigenvalue weighted by molar-refractivity contribution is 6.06. The molecule has 29 heavy (non-hydrogen) atoms. The van der Waals surface area contributed by atoms with Gasteiger partial charge in [-0.2, -0.15) is 5.26 Å². The van der Waals surface area contributed by atoms with Crippen molar-refractivity contribution in [3.05, 3.63) is 71.4 Å². The molecule has 0 saturated carbocycles. The number of esters is 1. The molecule has 1 amide bonds. The molecule has 2 aromatic rings. The maximum atomic E-state index is 12.3. The number of carbonyl (C=O) groups is 2. The second-order valence-electron chi connectivity index (χ2n) is 5.88. The summed E-state index contributed by atoms with van der Waals surface area (Å²) in [6.45, 7) is 4.92. The first-order valence-corrected chi connectivity index (χ1v) is 9.21. The van der Waals surface area contributed by atoms with Crippen molar-refractivity contribution < 1.29 is 19.1 Å². The maximum absolute atomic E-state index is 12.3. The van der Waals surface area contributed by atoms with Gasteiger partial charge in [0.1, 0.15) is 17.4 Å². The van der Waals surface area contributed by atoms with Crippen molar-refractivity contribution >= 4 is 17.6 Å². The van der Waals surface area contributed by atoms with Crippen LogP contribution in [0.1, 0.15) is 29.8 Å². The molecule has 0 aliphatic heterocycles. The Hall–Kier alpha value is -3.79. The zero-order valence-corrected chi connectivity index (χ0v) is 16.4. The van der Waals surface area contributed by atoms with Gasteiger partial charge in [-0.1, -0.05) is 12.1 Å². The summed E-state index contributed by atoms with van der Waals surface area (Å²) in [6, 6.07) is 15.7. The molecule has 2 aromatic carbocycles. The zero-order chi connectivity index (χ0) is 21.1. The standard InChI is InChI=1S/C22H23N3O4/c1-3-28-20-11-9-19(10-12-20)25-21(26)18(13-23)15-24-14-16-5-7-17(8-6-16)22(27)29-4-2/h5-12,15,24H,3-4,14H2,1-2H3,(H,25,26)/b18-15-. The smallest absolute Gasteiger partial charge is 0.338 e. The minimum atomic E-state index is -0.512. The quantitative estimate of drug-likeness (QED) is 0.385. The average molecular weight is 393 g/mol. The van der Waals surface area contributed by atoms with Crippen LogP contribution in [-0.4, -0.2) is 25.1 Å².